The maximum Gasteiger partial charge on any atom is 0.338 e. The van der Waals surface area contributed by atoms with Crippen LogP contribution >= 0.6 is 0 Å². The van der Waals surface area contributed by atoms with Gasteiger partial charge < -0.3 is 9.26 Å². The molecule has 10 heteroatoms. The van der Waals surface area contributed by atoms with E-state index in [1.165, 1.54) is 10.6 Å². The molecule has 0 aliphatic carbocycles. The second-order valence-corrected chi connectivity index (χ2v) is 9.31. The maximum atomic E-state index is 12.4. The normalized spacial score (nSPS) is 15.7. The molecule has 0 fully saturated rings. The fourth-order valence-corrected chi connectivity index (χ4v) is 4.94. The zero-order chi connectivity index (χ0) is 22.0. The van der Waals surface area contributed by atoms with E-state index in [2.05, 4.69) is 15.1 Å². The lowest BCUT2D eigenvalue weighted by molar-refractivity contribution is 0.0498. The number of rotatable bonds is 7. The Bertz CT molecular complexity index is 1190. The van der Waals surface area contributed by atoms with Crippen LogP contribution in [0.5, 0.6) is 0 Å². The zero-order valence-corrected chi connectivity index (χ0v) is 18.0. The van der Waals surface area contributed by atoms with Gasteiger partial charge in [0, 0.05) is 30.4 Å². The molecule has 2 aromatic heterocycles. The molecule has 1 aromatic carbocycles. The van der Waals surface area contributed by atoms with Crippen molar-refractivity contribution in [2.45, 2.75) is 32.2 Å². The Kier molecular flexibility index (Phi) is 5.73. The van der Waals surface area contributed by atoms with Gasteiger partial charge in [0.25, 0.3) is 0 Å². The molecule has 3 heterocycles. The number of fused-ring (bicyclic) bond motifs is 1. The van der Waals surface area contributed by atoms with Crippen LogP contribution in [0.3, 0.4) is 0 Å². The van der Waals surface area contributed by atoms with Gasteiger partial charge in [-0.1, -0.05) is 5.16 Å². The third kappa shape index (κ3) is 4.58. The molecule has 4 rings (SSSR count). The van der Waals surface area contributed by atoms with Gasteiger partial charge in [0.1, 0.15) is 0 Å². The van der Waals surface area contributed by atoms with Gasteiger partial charge in [-0.2, -0.15) is 4.98 Å². The van der Waals surface area contributed by atoms with Crippen LogP contribution < -0.4 is 4.31 Å². The summed E-state index contributed by atoms with van der Waals surface area (Å²) in [6.07, 6.45) is 6.07. The van der Waals surface area contributed by atoms with Crippen LogP contribution in [0, 0.1) is 0 Å². The Labute approximate surface area is 180 Å². The van der Waals surface area contributed by atoms with Crippen LogP contribution in [0.25, 0.3) is 11.4 Å². The Morgan fingerprint density at radius 1 is 1.32 bits per heavy atom. The van der Waals surface area contributed by atoms with E-state index < -0.39 is 16.0 Å². The summed E-state index contributed by atoms with van der Waals surface area (Å²) in [6.45, 7) is 2.04. The van der Waals surface area contributed by atoms with Crippen molar-refractivity contribution in [3.05, 3.63) is 59.7 Å². The third-order valence-electron chi connectivity index (χ3n) is 4.98. The van der Waals surface area contributed by atoms with Crippen molar-refractivity contribution >= 4 is 21.7 Å². The molecular weight excluding hydrogens is 420 g/mol. The van der Waals surface area contributed by atoms with Crippen LogP contribution in [-0.2, 0) is 27.6 Å². The first-order chi connectivity index (χ1) is 14.8. The average molecular weight is 442 g/mol. The highest BCUT2D eigenvalue weighted by Gasteiger charge is 2.32. The van der Waals surface area contributed by atoms with Crippen LogP contribution in [0.15, 0.2) is 47.2 Å². The largest absolute Gasteiger partial charge is 0.462 e. The molecule has 1 unspecified atom stereocenters. The Morgan fingerprint density at radius 2 is 2.16 bits per heavy atom. The van der Waals surface area contributed by atoms with Gasteiger partial charge >= 0.3 is 5.97 Å². The molecule has 1 aliphatic heterocycles. The van der Waals surface area contributed by atoms with E-state index in [-0.39, 0.29) is 12.6 Å². The van der Waals surface area contributed by atoms with E-state index in [1.54, 1.807) is 36.7 Å². The smallest absolute Gasteiger partial charge is 0.338 e. The molecule has 0 N–H and O–H groups in total. The van der Waals surface area contributed by atoms with Gasteiger partial charge in [0.05, 0.1) is 24.1 Å². The lowest BCUT2D eigenvalue weighted by atomic mass is 10.1. The first-order valence-electron chi connectivity index (χ1n) is 9.85. The zero-order valence-electron chi connectivity index (χ0n) is 17.2. The third-order valence-corrected chi connectivity index (χ3v) is 6.25. The molecule has 3 aromatic rings. The van der Waals surface area contributed by atoms with Crippen molar-refractivity contribution in [3.8, 4) is 11.4 Å². The summed E-state index contributed by atoms with van der Waals surface area (Å²) in [5, 5.41) is 3.93. The number of hydrogen-bond donors (Lipinski definition) is 0. The van der Waals surface area contributed by atoms with Crippen molar-refractivity contribution in [3.63, 3.8) is 0 Å². The number of aromatic nitrogens is 3. The fourth-order valence-electron chi connectivity index (χ4n) is 3.68. The standard InChI is InChI=1S/C21H22N4O5S/c1-14-11-17-12-15(7-8-18(17)25(14)31(2,27)28)21(26)29-10-4-6-19-23-20(24-30-19)16-5-3-9-22-13-16/h3,5,7-9,12-14H,4,6,10-11H2,1-2H3. The number of anilines is 1. The number of pyridine rings is 1. The molecule has 0 saturated heterocycles. The quantitative estimate of drug-likeness (QED) is 0.405. The van der Waals surface area contributed by atoms with E-state index in [9.17, 15) is 13.2 Å². The molecule has 0 amide bonds. The molecule has 0 radical (unpaired) electrons. The Hall–Kier alpha value is -3.27. The van der Waals surface area contributed by atoms with E-state index >= 15 is 0 Å². The van der Waals surface area contributed by atoms with Gasteiger partial charge in [-0.05, 0) is 55.7 Å². The van der Waals surface area contributed by atoms with Crippen LogP contribution in [0.2, 0.25) is 0 Å². The summed E-state index contributed by atoms with van der Waals surface area (Å²) in [7, 11) is -3.36. The minimum absolute atomic E-state index is 0.178. The van der Waals surface area contributed by atoms with Gasteiger partial charge in [0.2, 0.25) is 21.7 Å². The topological polar surface area (TPSA) is 115 Å². The molecule has 162 valence electrons. The van der Waals surface area contributed by atoms with E-state index in [4.69, 9.17) is 9.26 Å². The van der Waals surface area contributed by atoms with E-state index in [1.807, 2.05) is 13.0 Å². The highest BCUT2D eigenvalue weighted by Crippen LogP contribution is 2.34. The minimum Gasteiger partial charge on any atom is -0.462 e. The van der Waals surface area contributed by atoms with Crippen LogP contribution in [0.4, 0.5) is 5.69 Å². The minimum atomic E-state index is -3.36. The highest BCUT2D eigenvalue weighted by molar-refractivity contribution is 7.92. The second-order valence-electron chi connectivity index (χ2n) is 7.45. The number of carbonyl (C=O) groups is 1. The first-order valence-corrected chi connectivity index (χ1v) is 11.7. The molecule has 0 spiro atoms. The first kappa shape index (κ1) is 21.0. The predicted octanol–water partition coefficient (Wildman–Crippen LogP) is 2.63. The maximum absolute atomic E-state index is 12.4. The Balaban J connectivity index is 1.31. The number of aryl methyl sites for hydroxylation is 1. The summed E-state index contributed by atoms with van der Waals surface area (Å²) < 4.78 is 36.0. The molecule has 31 heavy (non-hydrogen) atoms. The lowest BCUT2D eigenvalue weighted by Gasteiger charge is -2.21. The summed E-state index contributed by atoms with van der Waals surface area (Å²) in [5.41, 5.74) is 2.61. The number of nitrogens with zero attached hydrogens (tertiary/aromatic N) is 4. The van der Waals surface area contributed by atoms with Gasteiger partial charge in [-0.15, -0.1) is 0 Å². The van der Waals surface area contributed by atoms with Gasteiger partial charge in [0.15, 0.2) is 0 Å². The molecule has 1 aliphatic rings. The summed E-state index contributed by atoms with van der Waals surface area (Å²) in [6, 6.07) is 8.42. The number of hydrogen-bond acceptors (Lipinski definition) is 8. The van der Waals surface area contributed by atoms with Crippen LogP contribution in [0.1, 0.15) is 35.2 Å². The molecule has 0 saturated carbocycles. The highest BCUT2D eigenvalue weighted by atomic mass is 32.2. The average Bonchev–Trinajstić information content (AvgIpc) is 3.34. The number of benzene rings is 1. The summed E-state index contributed by atoms with van der Waals surface area (Å²) in [4.78, 5) is 20.7. The SMILES string of the molecule is CC1Cc2cc(C(=O)OCCCc3nc(-c4cccnc4)no3)ccc2N1S(C)(=O)=O. The number of ether oxygens (including phenoxy) is 1. The predicted molar refractivity (Wildman–Crippen MR) is 113 cm³/mol. The summed E-state index contributed by atoms with van der Waals surface area (Å²) >= 11 is 0. The number of sulfonamides is 1. The van der Waals surface area contributed by atoms with Gasteiger partial charge in [-0.3, -0.25) is 9.29 Å². The Morgan fingerprint density at radius 3 is 2.90 bits per heavy atom. The molecule has 0 bridgehead atoms. The van der Waals surface area contributed by atoms with Crippen molar-refractivity contribution in [1.82, 2.24) is 15.1 Å². The van der Waals surface area contributed by atoms with Crippen molar-refractivity contribution in [2.75, 3.05) is 17.2 Å². The number of carbonyl (C=O) groups excluding carboxylic acids is 1. The summed E-state index contributed by atoms with van der Waals surface area (Å²) in [5.74, 6) is 0.479. The second kappa shape index (κ2) is 8.46. The van der Waals surface area contributed by atoms with E-state index in [0.29, 0.717) is 42.2 Å². The van der Waals surface area contributed by atoms with Crippen LogP contribution in [-0.4, -0.2) is 48.4 Å². The molecule has 1 atom stereocenters. The fraction of sp³-hybridized carbons (Fsp3) is 0.333. The van der Waals surface area contributed by atoms with Crippen molar-refractivity contribution in [2.24, 2.45) is 0 Å². The van der Waals surface area contributed by atoms with Gasteiger partial charge in [-0.25, -0.2) is 13.2 Å². The van der Waals surface area contributed by atoms with Crippen molar-refractivity contribution < 1.29 is 22.5 Å². The lowest BCUT2D eigenvalue weighted by Crippen LogP contribution is -2.34. The molecular formula is C21H22N4O5S. The van der Waals surface area contributed by atoms with E-state index in [0.717, 1.165) is 11.1 Å². The van der Waals surface area contributed by atoms with Crippen molar-refractivity contribution in [1.29, 1.82) is 0 Å². The monoisotopic (exact) mass is 442 g/mol. The number of esters is 1. The molecule has 9 nitrogen and oxygen atoms in total.